The van der Waals surface area contributed by atoms with Crippen LogP contribution in [0.1, 0.15) is 51.4 Å². The minimum atomic E-state index is -0.748. The SMILES string of the molecule is CCCCOC(OCCCC)c1cc(Cl)ccc1[N+](=O)[O-]. The Balaban J connectivity index is 2.93. The number of nitro benzene ring substituents is 1. The first-order valence-electron chi connectivity index (χ1n) is 7.27. The average Bonchev–Trinajstić information content (AvgIpc) is 2.45. The van der Waals surface area contributed by atoms with E-state index < -0.39 is 11.2 Å². The lowest BCUT2D eigenvalue weighted by Gasteiger charge is -2.19. The van der Waals surface area contributed by atoms with Gasteiger partial charge in [-0.3, -0.25) is 10.1 Å². The smallest absolute Gasteiger partial charge is 0.277 e. The quantitative estimate of drug-likeness (QED) is 0.267. The number of unbranched alkanes of at least 4 members (excludes halogenated alkanes) is 2. The highest BCUT2D eigenvalue weighted by molar-refractivity contribution is 6.30. The van der Waals surface area contributed by atoms with Crippen LogP contribution in [0.3, 0.4) is 0 Å². The number of rotatable bonds is 10. The highest BCUT2D eigenvalue weighted by atomic mass is 35.5. The maximum atomic E-state index is 11.1. The standard InChI is InChI=1S/C15H22ClNO4/c1-3-5-9-20-15(21-10-6-4-2)13-11-12(16)7-8-14(13)17(18)19/h7-8,11,15H,3-6,9-10H2,1-2H3. The minimum Gasteiger partial charge on any atom is -0.348 e. The molecule has 0 heterocycles. The van der Waals surface area contributed by atoms with Crippen LogP contribution < -0.4 is 0 Å². The Hall–Kier alpha value is -1.17. The van der Waals surface area contributed by atoms with Crippen molar-refractivity contribution in [1.29, 1.82) is 0 Å². The van der Waals surface area contributed by atoms with Gasteiger partial charge in [-0.15, -0.1) is 0 Å². The largest absolute Gasteiger partial charge is 0.348 e. The second-order valence-electron chi connectivity index (χ2n) is 4.74. The molecule has 5 nitrogen and oxygen atoms in total. The van der Waals surface area contributed by atoms with Crippen LogP contribution in [0.2, 0.25) is 5.02 Å². The number of ether oxygens (including phenoxy) is 2. The second kappa shape index (κ2) is 9.71. The van der Waals surface area contributed by atoms with E-state index in [0.29, 0.717) is 23.8 Å². The molecule has 0 N–H and O–H groups in total. The third kappa shape index (κ3) is 5.99. The predicted octanol–water partition coefficient (Wildman–Crippen LogP) is 4.88. The zero-order chi connectivity index (χ0) is 15.7. The van der Waals surface area contributed by atoms with Crippen molar-refractivity contribution in [2.45, 2.75) is 45.8 Å². The molecule has 0 aromatic heterocycles. The molecule has 6 heteroatoms. The number of halogens is 1. The molecule has 1 aromatic rings. The molecule has 21 heavy (non-hydrogen) atoms. The van der Waals surface area contributed by atoms with Crippen LogP contribution in [-0.2, 0) is 9.47 Å². The Morgan fingerprint density at radius 2 is 1.76 bits per heavy atom. The number of nitro groups is 1. The molecule has 0 amide bonds. The summed E-state index contributed by atoms with van der Waals surface area (Å²) in [5, 5.41) is 11.6. The molecule has 0 bridgehead atoms. The van der Waals surface area contributed by atoms with Gasteiger partial charge in [0.15, 0.2) is 6.29 Å². The van der Waals surface area contributed by atoms with E-state index in [0.717, 1.165) is 25.7 Å². The van der Waals surface area contributed by atoms with Crippen molar-refractivity contribution in [3.63, 3.8) is 0 Å². The summed E-state index contributed by atoms with van der Waals surface area (Å²) in [7, 11) is 0. The third-order valence-corrected chi connectivity index (χ3v) is 3.21. The fourth-order valence-corrected chi connectivity index (χ4v) is 1.96. The van der Waals surface area contributed by atoms with Crippen molar-refractivity contribution in [2.75, 3.05) is 13.2 Å². The van der Waals surface area contributed by atoms with Gasteiger partial charge in [0.25, 0.3) is 5.69 Å². The first-order chi connectivity index (χ1) is 10.1. The van der Waals surface area contributed by atoms with Gasteiger partial charge in [0, 0.05) is 11.1 Å². The maximum Gasteiger partial charge on any atom is 0.277 e. The van der Waals surface area contributed by atoms with E-state index in [1.165, 1.54) is 12.1 Å². The Morgan fingerprint density at radius 3 is 2.24 bits per heavy atom. The zero-order valence-corrected chi connectivity index (χ0v) is 13.3. The van der Waals surface area contributed by atoms with E-state index >= 15 is 0 Å². The summed E-state index contributed by atoms with van der Waals surface area (Å²) in [4.78, 5) is 10.7. The Bertz CT molecular complexity index is 443. The van der Waals surface area contributed by atoms with Gasteiger partial charge in [0.1, 0.15) is 0 Å². The lowest BCUT2D eigenvalue weighted by molar-refractivity contribution is -0.387. The van der Waals surface area contributed by atoms with Crippen LogP contribution in [0, 0.1) is 10.1 Å². The molecule has 0 atom stereocenters. The monoisotopic (exact) mass is 315 g/mol. The molecule has 118 valence electrons. The molecule has 0 aliphatic rings. The van der Waals surface area contributed by atoms with Gasteiger partial charge in [-0.05, 0) is 25.0 Å². The summed E-state index contributed by atoms with van der Waals surface area (Å²) in [6.07, 6.45) is 2.98. The van der Waals surface area contributed by atoms with Gasteiger partial charge in [-0.2, -0.15) is 0 Å². The first kappa shape index (κ1) is 17.9. The molecule has 0 spiro atoms. The summed E-state index contributed by atoms with van der Waals surface area (Å²) in [5.74, 6) is 0. The van der Waals surface area contributed by atoms with Crippen LogP contribution in [0.4, 0.5) is 5.69 Å². The van der Waals surface area contributed by atoms with Crippen LogP contribution in [-0.4, -0.2) is 18.1 Å². The van der Waals surface area contributed by atoms with Crippen molar-refractivity contribution in [1.82, 2.24) is 0 Å². The van der Waals surface area contributed by atoms with Gasteiger partial charge in [0.05, 0.1) is 23.7 Å². The van der Waals surface area contributed by atoms with E-state index in [9.17, 15) is 10.1 Å². The van der Waals surface area contributed by atoms with Gasteiger partial charge < -0.3 is 9.47 Å². The summed E-state index contributed by atoms with van der Waals surface area (Å²) in [5.41, 5.74) is 0.345. The van der Waals surface area contributed by atoms with Crippen molar-refractivity contribution >= 4 is 17.3 Å². The van der Waals surface area contributed by atoms with E-state index in [1.54, 1.807) is 6.07 Å². The molecule has 1 rings (SSSR count). The summed E-state index contributed by atoms with van der Waals surface area (Å²) >= 11 is 5.95. The van der Waals surface area contributed by atoms with Gasteiger partial charge in [-0.25, -0.2) is 0 Å². The van der Waals surface area contributed by atoms with Gasteiger partial charge in [0.2, 0.25) is 0 Å². The molecule has 0 fully saturated rings. The van der Waals surface area contributed by atoms with Crippen molar-refractivity contribution < 1.29 is 14.4 Å². The molecular formula is C15H22ClNO4. The molecule has 0 unspecified atom stereocenters. The highest BCUT2D eigenvalue weighted by Crippen LogP contribution is 2.31. The highest BCUT2D eigenvalue weighted by Gasteiger charge is 2.23. The zero-order valence-electron chi connectivity index (χ0n) is 12.5. The summed E-state index contributed by atoms with van der Waals surface area (Å²) < 4.78 is 11.4. The lowest BCUT2D eigenvalue weighted by atomic mass is 10.1. The fraction of sp³-hybridized carbons (Fsp3) is 0.600. The van der Waals surface area contributed by atoms with Crippen LogP contribution in [0.25, 0.3) is 0 Å². The first-order valence-corrected chi connectivity index (χ1v) is 7.65. The van der Waals surface area contributed by atoms with E-state index in [1.807, 2.05) is 0 Å². The topological polar surface area (TPSA) is 61.6 Å². The Kier molecular flexibility index (Phi) is 8.27. The Morgan fingerprint density at radius 1 is 1.19 bits per heavy atom. The van der Waals surface area contributed by atoms with Gasteiger partial charge in [-0.1, -0.05) is 38.3 Å². The summed E-state index contributed by atoms with van der Waals surface area (Å²) in [6, 6.07) is 4.43. The molecule has 0 saturated heterocycles. The number of benzene rings is 1. The second-order valence-corrected chi connectivity index (χ2v) is 5.18. The Labute approximate surface area is 130 Å². The summed E-state index contributed by atoms with van der Waals surface area (Å²) in [6.45, 7) is 5.10. The number of nitrogens with zero attached hydrogens (tertiary/aromatic N) is 1. The van der Waals surface area contributed by atoms with Crippen molar-refractivity contribution in [3.8, 4) is 0 Å². The molecule has 0 radical (unpaired) electrons. The predicted molar refractivity (Wildman–Crippen MR) is 82.6 cm³/mol. The average molecular weight is 316 g/mol. The molecule has 0 aliphatic carbocycles. The van der Waals surface area contributed by atoms with E-state index in [2.05, 4.69) is 13.8 Å². The minimum absolute atomic E-state index is 0.0302. The van der Waals surface area contributed by atoms with Crippen molar-refractivity contribution in [2.24, 2.45) is 0 Å². The van der Waals surface area contributed by atoms with E-state index in [-0.39, 0.29) is 5.69 Å². The maximum absolute atomic E-state index is 11.1. The number of hydrogen-bond donors (Lipinski definition) is 0. The van der Waals surface area contributed by atoms with Crippen LogP contribution in [0.15, 0.2) is 18.2 Å². The lowest BCUT2D eigenvalue weighted by Crippen LogP contribution is -2.13. The van der Waals surface area contributed by atoms with Crippen LogP contribution in [0.5, 0.6) is 0 Å². The van der Waals surface area contributed by atoms with Crippen LogP contribution >= 0.6 is 11.6 Å². The van der Waals surface area contributed by atoms with Gasteiger partial charge >= 0.3 is 0 Å². The van der Waals surface area contributed by atoms with Crippen molar-refractivity contribution in [3.05, 3.63) is 38.9 Å². The third-order valence-electron chi connectivity index (χ3n) is 2.97. The van der Waals surface area contributed by atoms with E-state index in [4.69, 9.17) is 21.1 Å². The number of hydrogen-bond acceptors (Lipinski definition) is 4. The fourth-order valence-electron chi connectivity index (χ4n) is 1.78. The molecular weight excluding hydrogens is 294 g/mol. The molecule has 0 aliphatic heterocycles. The normalized spacial score (nSPS) is 11.0. The molecule has 0 saturated carbocycles. The molecule has 1 aromatic carbocycles.